The van der Waals surface area contributed by atoms with E-state index in [9.17, 15) is 9.59 Å². The van der Waals surface area contributed by atoms with Crippen LogP contribution in [0.4, 0.5) is 0 Å². The predicted octanol–water partition coefficient (Wildman–Crippen LogP) is 3.59. The second-order valence-electron chi connectivity index (χ2n) is 8.02. The third-order valence-corrected chi connectivity index (χ3v) is 6.47. The molecular weight excluding hydrogens is 398 g/mol. The number of carbonyl (C=O) groups is 1. The first-order valence-electron chi connectivity index (χ1n) is 10.9. The van der Waals surface area contributed by atoms with Crippen molar-refractivity contribution >= 4 is 34.3 Å². The third kappa shape index (κ3) is 4.24. The Hall–Kier alpha value is -2.35. The van der Waals surface area contributed by atoms with Crippen LogP contribution in [-0.2, 0) is 11.3 Å². The molecule has 1 aromatic carbocycles. The van der Waals surface area contributed by atoms with Gasteiger partial charge in [0, 0.05) is 19.6 Å². The van der Waals surface area contributed by atoms with Crippen LogP contribution in [0.3, 0.4) is 0 Å². The van der Waals surface area contributed by atoms with Crippen molar-refractivity contribution in [2.24, 2.45) is 5.92 Å². The number of amides is 1. The van der Waals surface area contributed by atoms with Gasteiger partial charge in [0.05, 0.1) is 16.7 Å². The van der Waals surface area contributed by atoms with Gasteiger partial charge in [-0.3, -0.25) is 18.6 Å². The average molecular weight is 428 g/mol. The molecule has 2 aromatic heterocycles. The van der Waals surface area contributed by atoms with Crippen molar-refractivity contribution in [1.82, 2.24) is 24.1 Å². The molecule has 3 aromatic rings. The van der Waals surface area contributed by atoms with Gasteiger partial charge in [0.15, 0.2) is 5.16 Å². The molecule has 0 radical (unpaired) electrons. The Labute approximate surface area is 180 Å². The fourth-order valence-corrected chi connectivity index (χ4v) is 4.61. The van der Waals surface area contributed by atoms with E-state index >= 15 is 0 Å². The van der Waals surface area contributed by atoms with Gasteiger partial charge < -0.3 is 4.90 Å². The van der Waals surface area contributed by atoms with Crippen molar-refractivity contribution in [2.75, 3.05) is 18.8 Å². The van der Waals surface area contributed by atoms with Gasteiger partial charge in [0.25, 0.3) is 5.56 Å². The van der Waals surface area contributed by atoms with Gasteiger partial charge in [0.1, 0.15) is 0 Å². The summed E-state index contributed by atoms with van der Waals surface area (Å²) in [6, 6.07) is 7.55. The molecule has 1 saturated carbocycles. The van der Waals surface area contributed by atoms with Crippen LogP contribution in [0.15, 0.2) is 34.2 Å². The summed E-state index contributed by atoms with van der Waals surface area (Å²) in [6.07, 6.45) is 5.32. The Morgan fingerprint density at radius 2 is 2.00 bits per heavy atom. The van der Waals surface area contributed by atoms with Crippen molar-refractivity contribution in [2.45, 2.75) is 57.7 Å². The standard InChI is InChI=1S/C22H29N5O2S/c1-3-5-13-26-20(29)17-8-6-7-9-18(17)27-21(26)23-24-22(27)30-15-19(28)25(12-4-2)14-16-10-11-16/h6-9,16H,3-5,10-15H2,1-2H3. The summed E-state index contributed by atoms with van der Waals surface area (Å²) in [4.78, 5) is 27.8. The molecule has 0 bridgehead atoms. The van der Waals surface area contributed by atoms with Crippen LogP contribution in [0.1, 0.15) is 46.0 Å². The number of aryl methyl sites for hydroxylation is 1. The maximum absolute atomic E-state index is 13.0. The van der Waals surface area contributed by atoms with Gasteiger partial charge in [-0.2, -0.15) is 0 Å². The highest BCUT2D eigenvalue weighted by Crippen LogP contribution is 2.30. The Morgan fingerprint density at radius 3 is 2.73 bits per heavy atom. The molecule has 2 heterocycles. The fraction of sp³-hybridized carbons (Fsp3) is 0.545. The van der Waals surface area contributed by atoms with Crippen LogP contribution in [0.2, 0.25) is 0 Å². The largest absolute Gasteiger partial charge is 0.342 e. The van der Waals surface area contributed by atoms with Crippen LogP contribution in [-0.4, -0.2) is 48.8 Å². The zero-order chi connectivity index (χ0) is 21.1. The molecule has 160 valence electrons. The number of rotatable bonds is 10. The van der Waals surface area contributed by atoms with E-state index in [1.807, 2.05) is 33.6 Å². The number of unbranched alkanes of at least 4 members (excludes halogenated alkanes) is 1. The molecule has 0 saturated heterocycles. The summed E-state index contributed by atoms with van der Waals surface area (Å²) in [6.45, 7) is 6.48. The minimum absolute atomic E-state index is 0.0369. The number of hydrogen-bond acceptors (Lipinski definition) is 5. The molecule has 0 N–H and O–H groups in total. The van der Waals surface area contributed by atoms with Gasteiger partial charge in [-0.05, 0) is 43.7 Å². The van der Waals surface area contributed by atoms with Gasteiger partial charge in [-0.1, -0.05) is 44.2 Å². The first-order chi connectivity index (χ1) is 14.6. The third-order valence-electron chi connectivity index (χ3n) is 5.56. The molecule has 1 aliphatic carbocycles. The Kier molecular flexibility index (Phi) is 6.41. The van der Waals surface area contributed by atoms with Gasteiger partial charge in [-0.25, -0.2) is 0 Å². The van der Waals surface area contributed by atoms with Gasteiger partial charge in [-0.15, -0.1) is 10.2 Å². The monoisotopic (exact) mass is 427 g/mol. The molecule has 0 spiro atoms. The molecular formula is C22H29N5O2S. The topological polar surface area (TPSA) is 72.5 Å². The summed E-state index contributed by atoms with van der Waals surface area (Å²) in [7, 11) is 0. The highest BCUT2D eigenvalue weighted by atomic mass is 32.2. The molecule has 1 aliphatic rings. The highest BCUT2D eigenvalue weighted by Gasteiger charge is 2.26. The van der Waals surface area contributed by atoms with Crippen molar-refractivity contribution in [3.63, 3.8) is 0 Å². The van der Waals surface area contributed by atoms with E-state index in [1.165, 1.54) is 24.6 Å². The number of thioether (sulfide) groups is 1. The number of aromatic nitrogens is 4. The molecule has 0 aliphatic heterocycles. The first kappa shape index (κ1) is 20.9. The molecule has 0 unspecified atom stereocenters. The van der Waals surface area contributed by atoms with E-state index in [0.29, 0.717) is 34.5 Å². The maximum atomic E-state index is 13.0. The second-order valence-corrected chi connectivity index (χ2v) is 8.96. The Balaban J connectivity index is 1.65. The van der Waals surface area contributed by atoms with Crippen LogP contribution in [0.25, 0.3) is 16.7 Å². The summed E-state index contributed by atoms with van der Waals surface area (Å²) in [5, 5.41) is 9.99. The SMILES string of the molecule is CCCCn1c(=O)c2ccccc2n2c(SCC(=O)N(CCC)CC3CC3)nnc12. The number of nitrogens with zero attached hydrogens (tertiary/aromatic N) is 5. The first-order valence-corrected chi connectivity index (χ1v) is 11.9. The van der Waals surface area contributed by atoms with E-state index < -0.39 is 0 Å². The van der Waals surface area contributed by atoms with Crippen molar-refractivity contribution in [3.05, 3.63) is 34.6 Å². The van der Waals surface area contributed by atoms with Crippen LogP contribution in [0, 0.1) is 5.92 Å². The summed E-state index contributed by atoms with van der Waals surface area (Å²) in [5.41, 5.74) is 0.749. The fourth-order valence-electron chi connectivity index (χ4n) is 3.76. The lowest BCUT2D eigenvalue weighted by Gasteiger charge is -2.21. The second kappa shape index (κ2) is 9.20. The normalized spacial score (nSPS) is 13.9. The van der Waals surface area contributed by atoms with Gasteiger partial charge in [0.2, 0.25) is 11.7 Å². The molecule has 4 rings (SSSR count). The van der Waals surface area contributed by atoms with E-state index in [4.69, 9.17) is 0 Å². The van der Waals surface area contributed by atoms with Crippen molar-refractivity contribution in [3.8, 4) is 0 Å². The summed E-state index contributed by atoms with van der Waals surface area (Å²) >= 11 is 1.40. The lowest BCUT2D eigenvalue weighted by Crippen LogP contribution is -2.35. The van der Waals surface area contributed by atoms with Crippen LogP contribution >= 0.6 is 11.8 Å². The Bertz CT molecular complexity index is 1100. The smallest absolute Gasteiger partial charge is 0.262 e. The quantitative estimate of drug-likeness (QED) is 0.463. The number of carbonyl (C=O) groups excluding carboxylic acids is 1. The molecule has 7 nitrogen and oxygen atoms in total. The molecule has 1 fully saturated rings. The summed E-state index contributed by atoms with van der Waals surface area (Å²) in [5.74, 6) is 1.70. The van der Waals surface area contributed by atoms with E-state index in [2.05, 4.69) is 24.0 Å². The van der Waals surface area contributed by atoms with E-state index in [1.54, 1.807) is 4.57 Å². The molecule has 0 atom stereocenters. The summed E-state index contributed by atoms with van der Waals surface area (Å²) < 4.78 is 3.64. The van der Waals surface area contributed by atoms with Crippen molar-refractivity contribution in [1.29, 1.82) is 0 Å². The molecule has 1 amide bonds. The number of para-hydroxylation sites is 1. The minimum Gasteiger partial charge on any atom is -0.342 e. The lowest BCUT2D eigenvalue weighted by molar-refractivity contribution is -0.128. The Morgan fingerprint density at radius 1 is 1.20 bits per heavy atom. The maximum Gasteiger partial charge on any atom is 0.262 e. The number of benzene rings is 1. The average Bonchev–Trinajstić information content (AvgIpc) is 3.48. The molecule has 30 heavy (non-hydrogen) atoms. The zero-order valence-electron chi connectivity index (χ0n) is 17.7. The lowest BCUT2D eigenvalue weighted by atomic mass is 10.2. The predicted molar refractivity (Wildman–Crippen MR) is 120 cm³/mol. The zero-order valence-corrected chi connectivity index (χ0v) is 18.5. The van der Waals surface area contributed by atoms with Gasteiger partial charge >= 0.3 is 0 Å². The van der Waals surface area contributed by atoms with Crippen LogP contribution in [0.5, 0.6) is 0 Å². The minimum atomic E-state index is -0.0369. The molecule has 8 heteroatoms. The highest BCUT2D eigenvalue weighted by molar-refractivity contribution is 7.99. The van der Waals surface area contributed by atoms with Crippen molar-refractivity contribution < 1.29 is 4.79 Å². The number of hydrogen-bond donors (Lipinski definition) is 0. The number of fused-ring (bicyclic) bond motifs is 3. The van der Waals surface area contributed by atoms with E-state index in [0.717, 1.165) is 37.9 Å². The van der Waals surface area contributed by atoms with Crippen LogP contribution < -0.4 is 5.56 Å². The van der Waals surface area contributed by atoms with E-state index in [-0.39, 0.29) is 11.5 Å².